The molecule has 16 heavy (non-hydrogen) atoms. The van der Waals surface area contributed by atoms with Crippen molar-refractivity contribution in [2.45, 2.75) is 19.5 Å². The average molecular weight is 225 g/mol. The van der Waals surface area contributed by atoms with Crippen molar-refractivity contribution in [2.75, 3.05) is 7.11 Å². The highest BCUT2D eigenvalue weighted by Crippen LogP contribution is 2.03. The first-order valence-corrected chi connectivity index (χ1v) is 4.83. The van der Waals surface area contributed by atoms with Gasteiger partial charge in [-0.2, -0.15) is 0 Å². The van der Waals surface area contributed by atoms with Gasteiger partial charge in [0.05, 0.1) is 13.2 Å². The van der Waals surface area contributed by atoms with E-state index in [4.69, 9.17) is 5.73 Å². The van der Waals surface area contributed by atoms with E-state index >= 15 is 0 Å². The Morgan fingerprint density at radius 3 is 2.81 bits per heavy atom. The number of aromatic amines is 1. The number of H-pyrrole nitrogens is 1. The fraction of sp³-hybridized carbons (Fsp3) is 0.400. The van der Waals surface area contributed by atoms with E-state index in [2.05, 4.69) is 15.0 Å². The number of ether oxygens (including phenoxy) is 1. The van der Waals surface area contributed by atoms with Gasteiger partial charge in [0.25, 0.3) is 0 Å². The maximum absolute atomic E-state index is 11.1. The molecule has 0 unspecified atom stereocenters. The highest BCUT2D eigenvalue weighted by molar-refractivity contribution is 5.87. The standard InChI is InChI=1S/C10H15N3O3/c1-6(9(11)14)12-5-7-3-4-8(13-7)10(15)16-2/h3-4,6,12-13H,5H2,1-2H3,(H2,11,14)/t6-/m0/s1. The molecule has 0 saturated heterocycles. The second-order valence-electron chi connectivity index (χ2n) is 3.39. The molecule has 1 amide bonds. The molecule has 6 nitrogen and oxygen atoms in total. The molecule has 0 aliphatic carbocycles. The molecule has 1 aromatic rings. The lowest BCUT2D eigenvalue weighted by Crippen LogP contribution is -2.38. The van der Waals surface area contributed by atoms with Crippen LogP contribution in [-0.4, -0.2) is 30.0 Å². The number of esters is 1. The molecule has 4 N–H and O–H groups in total. The normalized spacial score (nSPS) is 12.1. The Morgan fingerprint density at radius 1 is 1.56 bits per heavy atom. The van der Waals surface area contributed by atoms with Crippen LogP contribution in [0.1, 0.15) is 23.1 Å². The predicted molar refractivity (Wildman–Crippen MR) is 57.6 cm³/mol. The first-order valence-electron chi connectivity index (χ1n) is 4.83. The van der Waals surface area contributed by atoms with Crippen molar-refractivity contribution >= 4 is 11.9 Å². The number of rotatable bonds is 5. The fourth-order valence-corrected chi connectivity index (χ4v) is 1.14. The van der Waals surface area contributed by atoms with Crippen LogP contribution in [0.2, 0.25) is 0 Å². The molecule has 88 valence electrons. The summed E-state index contributed by atoms with van der Waals surface area (Å²) in [7, 11) is 1.32. The molecular weight excluding hydrogens is 210 g/mol. The molecule has 0 aliphatic rings. The smallest absolute Gasteiger partial charge is 0.354 e. The third-order valence-electron chi connectivity index (χ3n) is 2.18. The number of aromatic nitrogens is 1. The van der Waals surface area contributed by atoms with E-state index in [1.807, 2.05) is 0 Å². The molecule has 1 rings (SSSR count). The van der Waals surface area contributed by atoms with Crippen molar-refractivity contribution in [1.29, 1.82) is 0 Å². The number of carbonyl (C=O) groups excluding carboxylic acids is 2. The second-order valence-corrected chi connectivity index (χ2v) is 3.39. The minimum absolute atomic E-state index is 0.381. The summed E-state index contributed by atoms with van der Waals surface area (Å²) < 4.78 is 4.55. The molecule has 1 heterocycles. The monoisotopic (exact) mass is 225 g/mol. The predicted octanol–water partition coefficient (Wildman–Crippen LogP) is -0.235. The van der Waals surface area contributed by atoms with Gasteiger partial charge in [0.1, 0.15) is 5.69 Å². The van der Waals surface area contributed by atoms with Gasteiger partial charge in [-0.05, 0) is 19.1 Å². The fourth-order valence-electron chi connectivity index (χ4n) is 1.14. The lowest BCUT2D eigenvalue weighted by atomic mass is 10.3. The van der Waals surface area contributed by atoms with Gasteiger partial charge in [0.2, 0.25) is 5.91 Å². The van der Waals surface area contributed by atoms with Gasteiger partial charge in [-0.15, -0.1) is 0 Å². The van der Waals surface area contributed by atoms with Crippen molar-refractivity contribution in [3.63, 3.8) is 0 Å². The SMILES string of the molecule is COC(=O)c1ccc(CN[C@@H](C)C(N)=O)[nH]1. The molecule has 0 aliphatic heterocycles. The highest BCUT2D eigenvalue weighted by Gasteiger charge is 2.10. The summed E-state index contributed by atoms with van der Waals surface area (Å²) >= 11 is 0. The number of nitrogens with two attached hydrogens (primary N) is 1. The number of carbonyl (C=O) groups is 2. The van der Waals surface area contributed by atoms with E-state index < -0.39 is 17.9 Å². The number of hydrogen-bond donors (Lipinski definition) is 3. The molecular formula is C10H15N3O3. The van der Waals surface area contributed by atoms with E-state index in [1.165, 1.54) is 7.11 Å². The summed E-state index contributed by atoms with van der Waals surface area (Å²) in [6, 6.07) is 2.95. The third kappa shape index (κ3) is 3.09. The van der Waals surface area contributed by atoms with Gasteiger partial charge < -0.3 is 20.8 Å². The van der Waals surface area contributed by atoms with Crippen LogP contribution in [0, 0.1) is 0 Å². The van der Waals surface area contributed by atoms with Crippen LogP contribution in [0.3, 0.4) is 0 Å². The molecule has 0 aromatic carbocycles. The van der Waals surface area contributed by atoms with Crippen molar-refractivity contribution in [2.24, 2.45) is 5.73 Å². The van der Waals surface area contributed by atoms with Crippen molar-refractivity contribution in [3.8, 4) is 0 Å². The third-order valence-corrected chi connectivity index (χ3v) is 2.18. The van der Waals surface area contributed by atoms with Crippen LogP contribution in [0.5, 0.6) is 0 Å². The van der Waals surface area contributed by atoms with Crippen LogP contribution in [0.4, 0.5) is 0 Å². The Balaban J connectivity index is 2.53. The molecule has 1 aromatic heterocycles. The molecule has 0 spiro atoms. The van der Waals surface area contributed by atoms with E-state index in [0.29, 0.717) is 12.2 Å². The second kappa shape index (κ2) is 5.32. The number of nitrogens with one attached hydrogen (secondary N) is 2. The summed E-state index contributed by atoms with van der Waals surface area (Å²) in [5.41, 5.74) is 6.26. The molecule has 0 saturated carbocycles. The van der Waals surface area contributed by atoms with Crippen LogP contribution < -0.4 is 11.1 Å². The summed E-state index contributed by atoms with van der Waals surface area (Å²) in [4.78, 5) is 24.7. The number of primary amides is 1. The lowest BCUT2D eigenvalue weighted by molar-refractivity contribution is -0.119. The first kappa shape index (κ1) is 12.3. The van der Waals surface area contributed by atoms with Gasteiger partial charge in [0.15, 0.2) is 0 Å². The van der Waals surface area contributed by atoms with Crippen LogP contribution in [0.25, 0.3) is 0 Å². The van der Waals surface area contributed by atoms with Gasteiger partial charge in [0, 0.05) is 12.2 Å². The number of hydrogen-bond acceptors (Lipinski definition) is 4. The zero-order chi connectivity index (χ0) is 12.1. The molecule has 6 heteroatoms. The molecule has 0 fully saturated rings. The summed E-state index contributed by atoms with van der Waals surface area (Å²) in [6.45, 7) is 2.10. The summed E-state index contributed by atoms with van der Waals surface area (Å²) in [6.07, 6.45) is 0. The minimum atomic E-state index is -0.422. The van der Waals surface area contributed by atoms with Gasteiger partial charge in [-0.3, -0.25) is 4.79 Å². The highest BCUT2D eigenvalue weighted by atomic mass is 16.5. The van der Waals surface area contributed by atoms with E-state index in [9.17, 15) is 9.59 Å². The quantitative estimate of drug-likeness (QED) is 0.603. The zero-order valence-electron chi connectivity index (χ0n) is 9.24. The summed E-state index contributed by atoms with van der Waals surface area (Å²) in [5.74, 6) is -0.839. The number of methoxy groups -OCH3 is 1. The summed E-state index contributed by atoms with van der Waals surface area (Å²) in [5, 5.41) is 2.91. The Morgan fingerprint density at radius 2 is 2.25 bits per heavy atom. The Kier molecular flexibility index (Phi) is 4.07. The lowest BCUT2D eigenvalue weighted by Gasteiger charge is -2.08. The Bertz CT molecular complexity index is 386. The molecule has 0 radical (unpaired) electrons. The van der Waals surface area contributed by atoms with Gasteiger partial charge >= 0.3 is 5.97 Å². The number of amides is 1. The molecule has 1 atom stereocenters. The molecule has 0 bridgehead atoms. The zero-order valence-corrected chi connectivity index (χ0v) is 9.24. The minimum Gasteiger partial charge on any atom is -0.464 e. The Hall–Kier alpha value is -1.82. The van der Waals surface area contributed by atoms with Crippen molar-refractivity contribution in [3.05, 3.63) is 23.5 Å². The van der Waals surface area contributed by atoms with E-state index in [1.54, 1.807) is 19.1 Å². The van der Waals surface area contributed by atoms with Gasteiger partial charge in [-0.1, -0.05) is 0 Å². The maximum atomic E-state index is 11.1. The van der Waals surface area contributed by atoms with Gasteiger partial charge in [-0.25, -0.2) is 4.79 Å². The van der Waals surface area contributed by atoms with E-state index in [-0.39, 0.29) is 0 Å². The maximum Gasteiger partial charge on any atom is 0.354 e. The topological polar surface area (TPSA) is 97.2 Å². The largest absolute Gasteiger partial charge is 0.464 e. The van der Waals surface area contributed by atoms with Crippen molar-refractivity contribution < 1.29 is 14.3 Å². The first-order chi connectivity index (χ1) is 7.54. The van der Waals surface area contributed by atoms with Crippen LogP contribution >= 0.6 is 0 Å². The van der Waals surface area contributed by atoms with Crippen LogP contribution in [0.15, 0.2) is 12.1 Å². The van der Waals surface area contributed by atoms with E-state index in [0.717, 1.165) is 5.69 Å². The Labute approximate surface area is 93.2 Å². The van der Waals surface area contributed by atoms with Crippen molar-refractivity contribution in [1.82, 2.24) is 10.3 Å². The average Bonchev–Trinajstić information content (AvgIpc) is 2.73. The van der Waals surface area contributed by atoms with Crippen LogP contribution in [-0.2, 0) is 16.1 Å².